The van der Waals surface area contributed by atoms with E-state index in [-0.39, 0.29) is 11.6 Å². The number of benzene rings is 2. The van der Waals surface area contributed by atoms with Crippen molar-refractivity contribution in [1.29, 1.82) is 0 Å². The van der Waals surface area contributed by atoms with E-state index in [9.17, 15) is 4.79 Å². The molecular weight excluding hydrogens is 314 g/mol. The number of nitrogens with zero attached hydrogens (tertiary/aromatic N) is 2. The molecule has 0 atom stereocenters. The molecule has 0 fully saturated rings. The first-order chi connectivity index (χ1) is 12.1. The summed E-state index contributed by atoms with van der Waals surface area (Å²) >= 11 is 0. The third-order valence-electron chi connectivity index (χ3n) is 3.75. The van der Waals surface area contributed by atoms with Crippen LogP contribution >= 0.6 is 0 Å². The molecule has 5 heteroatoms. The monoisotopic (exact) mass is 333 g/mol. The molecule has 3 rings (SSSR count). The molecule has 126 valence electrons. The Balaban J connectivity index is 1.70. The molecule has 1 aromatic heterocycles. The van der Waals surface area contributed by atoms with Crippen LogP contribution in [-0.4, -0.2) is 15.9 Å². The quantitative estimate of drug-likeness (QED) is 0.768. The van der Waals surface area contributed by atoms with Gasteiger partial charge in [0.1, 0.15) is 18.6 Å². The highest BCUT2D eigenvalue weighted by Crippen LogP contribution is 2.18. The van der Waals surface area contributed by atoms with Crippen LogP contribution in [0.25, 0.3) is 0 Å². The van der Waals surface area contributed by atoms with Gasteiger partial charge in [-0.2, -0.15) is 0 Å². The van der Waals surface area contributed by atoms with E-state index in [2.05, 4.69) is 15.3 Å². The van der Waals surface area contributed by atoms with Crippen LogP contribution in [0.4, 0.5) is 5.69 Å². The number of aryl methyl sites for hydroxylation is 2. The van der Waals surface area contributed by atoms with Crippen molar-refractivity contribution in [2.75, 3.05) is 5.32 Å². The van der Waals surface area contributed by atoms with Crippen LogP contribution in [0.15, 0.2) is 60.9 Å². The van der Waals surface area contributed by atoms with Crippen molar-refractivity contribution in [3.63, 3.8) is 0 Å². The highest BCUT2D eigenvalue weighted by Gasteiger charge is 2.11. The summed E-state index contributed by atoms with van der Waals surface area (Å²) in [4.78, 5) is 20.5. The summed E-state index contributed by atoms with van der Waals surface area (Å²) in [5.74, 6) is 0.0747. The smallest absolute Gasteiger partial charge is 0.274 e. The minimum Gasteiger partial charge on any atom is -0.473 e. The predicted octanol–water partition coefficient (Wildman–Crippen LogP) is 3.92. The number of hydrogen-bond donors (Lipinski definition) is 1. The van der Waals surface area contributed by atoms with Gasteiger partial charge in [0.2, 0.25) is 5.88 Å². The molecule has 0 aliphatic rings. The summed E-state index contributed by atoms with van der Waals surface area (Å²) in [5.41, 5.74) is 4.14. The number of carbonyl (C=O) groups excluding carboxylic acids is 1. The molecule has 2 aromatic carbocycles. The Hall–Kier alpha value is -3.21. The average molecular weight is 333 g/mol. The van der Waals surface area contributed by atoms with Crippen molar-refractivity contribution in [2.45, 2.75) is 20.5 Å². The van der Waals surface area contributed by atoms with Gasteiger partial charge in [0.25, 0.3) is 5.91 Å². The molecule has 0 bridgehead atoms. The molecular formula is C20H19N3O2. The van der Waals surface area contributed by atoms with Crippen LogP contribution in [0, 0.1) is 13.8 Å². The highest BCUT2D eigenvalue weighted by molar-refractivity contribution is 6.03. The first-order valence-electron chi connectivity index (χ1n) is 7.99. The lowest BCUT2D eigenvalue weighted by Crippen LogP contribution is -2.15. The zero-order valence-electron chi connectivity index (χ0n) is 14.2. The number of amides is 1. The lowest BCUT2D eigenvalue weighted by atomic mass is 10.1. The molecule has 0 spiro atoms. The van der Waals surface area contributed by atoms with Crippen molar-refractivity contribution < 1.29 is 9.53 Å². The van der Waals surface area contributed by atoms with E-state index in [1.807, 2.05) is 62.4 Å². The zero-order chi connectivity index (χ0) is 17.6. The predicted molar refractivity (Wildman–Crippen MR) is 96.7 cm³/mol. The summed E-state index contributed by atoms with van der Waals surface area (Å²) in [5, 5.41) is 2.88. The molecule has 3 aromatic rings. The van der Waals surface area contributed by atoms with E-state index in [1.165, 1.54) is 6.33 Å². The summed E-state index contributed by atoms with van der Waals surface area (Å²) in [6.07, 6.45) is 1.33. The fourth-order valence-corrected chi connectivity index (χ4v) is 2.33. The van der Waals surface area contributed by atoms with Crippen molar-refractivity contribution in [3.05, 3.63) is 83.3 Å². The van der Waals surface area contributed by atoms with Crippen molar-refractivity contribution in [3.8, 4) is 5.88 Å². The van der Waals surface area contributed by atoms with Gasteiger partial charge < -0.3 is 10.1 Å². The number of nitrogens with one attached hydrogen (secondary N) is 1. The van der Waals surface area contributed by atoms with Gasteiger partial charge >= 0.3 is 0 Å². The number of ether oxygens (including phenoxy) is 1. The van der Waals surface area contributed by atoms with Gasteiger partial charge in [-0.3, -0.25) is 4.79 Å². The largest absolute Gasteiger partial charge is 0.473 e. The van der Waals surface area contributed by atoms with Gasteiger partial charge in [-0.15, -0.1) is 0 Å². The van der Waals surface area contributed by atoms with E-state index in [1.54, 1.807) is 6.07 Å². The Morgan fingerprint density at radius 2 is 1.84 bits per heavy atom. The molecule has 1 heterocycles. The summed E-state index contributed by atoms with van der Waals surface area (Å²) < 4.78 is 5.64. The lowest BCUT2D eigenvalue weighted by molar-refractivity contribution is 0.102. The topological polar surface area (TPSA) is 64.1 Å². The number of anilines is 1. The summed E-state index contributed by atoms with van der Waals surface area (Å²) in [7, 11) is 0. The molecule has 1 N–H and O–H groups in total. The molecule has 0 aliphatic heterocycles. The highest BCUT2D eigenvalue weighted by atomic mass is 16.5. The van der Waals surface area contributed by atoms with Crippen molar-refractivity contribution in [1.82, 2.24) is 9.97 Å². The second kappa shape index (κ2) is 7.57. The minimum absolute atomic E-state index is 0.263. The molecule has 0 aliphatic carbocycles. The second-order valence-corrected chi connectivity index (χ2v) is 5.79. The molecule has 1 amide bonds. The van der Waals surface area contributed by atoms with Gasteiger partial charge in [-0.1, -0.05) is 42.5 Å². The first-order valence-corrected chi connectivity index (χ1v) is 7.99. The van der Waals surface area contributed by atoms with Gasteiger partial charge in [0.15, 0.2) is 0 Å². The maximum atomic E-state index is 12.4. The van der Waals surface area contributed by atoms with Crippen molar-refractivity contribution >= 4 is 11.6 Å². The van der Waals surface area contributed by atoms with Crippen LogP contribution in [-0.2, 0) is 6.61 Å². The van der Waals surface area contributed by atoms with E-state index >= 15 is 0 Å². The lowest BCUT2D eigenvalue weighted by Gasteiger charge is -2.10. The third-order valence-corrected chi connectivity index (χ3v) is 3.75. The van der Waals surface area contributed by atoms with Crippen LogP contribution in [0.3, 0.4) is 0 Å². The van der Waals surface area contributed by atoms with Gasteiger partial charge in [-0.25, -0.2) is 9.97 Å². The van der Waals surface area contributed by atoms with Crippen LogP contribution in [0.5, 0.6) is 5.88 Å². The van der Waals surface area contributed by atoms with Crippen LogP contribution in [0.2, 0.25) is 0 Å². The number of hydrogen-bond acceptors (Lipinski definition) is 4. The fraction of sp³-hybridized carbons (Fsp3) is 0.150. The second-order valence-electron chi connectivity index (χ2n) is 5.79. The number of carbonyl (C=O) groups is 1. The standard InChI is InChI=1S/C20H19N3O2/c1-14-8-9-15(2)17(10-14)23-20(24)18-11-19(22-13-21-18)25-12-16-6-4-3-5-7-16/h3-11,13H,12H2,1-2H3,(H,23,24). The number of aromatic nitrogens is 2. The number of rotatable bonds is 5. The van der Waals surface area contributed by atoms with Gasteiger partial charge in [0.05, 0.1) is 0 Å². The first kappa shape index (κ1) is 16.6. The van der Waals surface area contributed by atoms with E-state index in [0.29, 0.717) is 12.5 Å². The Morgan fingerprint density at radius 1 is 1.04 bits per heavy atom. The van der Waals surface area contributed by atoms with E-state index < -0.39 is 0 Å². The Bertz CT molecular complexity index is 879. The molecule has 0 unspecified atom stereocenters. The van der Waals surface area contributed by atoms with Gasteiger partial charge in [-0.05, 0) is 36.6 Å². The Labute approximate surface area is 146 Å². The average Bonchev–Trinajstić information content (AvgIpc) is 2.64. The van der Waals surface area contributed by atoms with E-state index in [0.717, 1.165) is 22.4 Å². The molecule has 0 saturated carbocycles. The SMILES string of the molecule is Cc1ccc(C)c(NC(=O)c2cc(OCc3ccccc3)ncn2)c1. The zero-order valence-corrected chi connectivity index (χ0v) is 14.2. The molecule has 0 saturated heterocycles. The third kappa shape index (κ3) is 4.41. The Morgan fingerprint density at radius 3 is 2.64 bits per heavy atom. The van der Waals surface area contributed by atoms with Crippen LogP contribution < -0.4 is 10.1 Å². The van der Waals surface area contributed by atoms with E-state index in [4.69, 9.17) is 4.74 Å². The van der Waals surface area contributed by atoms with Gasteiger partial charge in [0, 0.05) is 11.8 Å². The fourth-order valence-electron chi connectivity index (χ4n) is 2.33. The molecule has 5 nitrogen and oxygen atoms in total. The normalized spacial score (nSPS) is 10.3. The van der Waals surface area contributed by atoms with Crippen LogP contribution in [0.1, 0.15) is 27.2 Å². The maximum absolute atomic E-state index is 12.4. The minimum atomic E-state index is -0.291. The Kier molecular flexibility index (Phi) is 5.04. The summed E-state index contributed by atoms with van der Waals surface area (Å²) in [6.45, 7) is 4.31. The molecule has 0 radical (unpaired) electrons. The molecule has 25 heavy (non-hydrogen) atoms. The van der Waals surface area contributed by atoms with Crippen molar-refractivity contribution in [2.24, 2.45) is 0 Å². The summed E-state index contributed by atoms with van der Waals surface area (Å²) in [6, 6.07) is 17.2. The maximum Gasteiger partial charge on any atom is 0.274 e.